The maximum absolute atomic E-state index is 13.7. The van der Waals surface area contributed by atoms with Gasteiger partial charge in [0.1, 0.15) is 51.5 Å². The number of carbonyl (C=O) groups excluding carboxylic acids is 3. The standard InChI is InChI=1S/C35H35N5O6S/c1-19-28(31(34(45)46)38-30(19)29(20(2)41)33(38)44)22-4-6-24-25(16-22)23-5-3-21(15-26(23)32(24)43)17-39-8-11-40(12-9-39,13-10-39)18-27(42)37-35-36-7-14-47-35/h3-7,14-16,19-20,29-30,41H,8-13,17-18H2,1-2H3/p+2/t19-,20+,29+,30+,39?,40?/m0/s1. The van der Waals surface area contributed by atoms with Gasteiger partial charge in [0.15, 0.2) is 17.5 Å². The smallest absolute Gasteiger partial charge is 0.352 e. The largest absolute Gasteiger partial charge is 0.477 e. The Morgan fingerprint density at radius 1 is 1.00 bits per heavy atom. The average molecular weight is 656 g/mol. The van der Waals surface area contributed by atoms with E-state index in [1.54, 1.807) is 25.3 Å². The average Bonchev–Trinajstić information content (AvgIpc) is 3.72. The molecule has 242 valence electrons. The monoisotopic (exact) mass is 655 g/mol. The molecule has 6 heterocycles. The van der Waals surface area contributed by atoms with Crippen LogP contribution in [-0.2, 0) is 20.9 Å². The summed E-state index contributed by atoms with van der Waals surface area (Å²) in [5, 5.41) is 25.8. The molecule has 5 aliphatic heterocycles. The normalized spacial score (nSPS) is 29.3. The number of piperazine rings is 3. The molecule has 3 N–H and O–H groups in total. The molecule has 2 amide bonds. The molecule has 12 heteroatoms. The fraction of sp³-hybridized carbons (Fsp3) is 0.400. The summed E-state index contributed by atoms with van der Waals surface area (Å²) in [5.41, 5.74) is 5.15. The summed E-state index contributed by atoms with van der Waals surface area (Å²) in [5.74, 6) is -2.49. The Hall–Kier alpha value is -4.23. The highest BCUT2D eigenvalue weighted by Gasteiger charge is 2.60. The van der Waals surface area contributed by atoms with E-state index in [9.17, 15) is 29.4 Å². The number of fused-ring (bicyclic) bond motifs is 7. The molecule has 4 atom stereocenters. The molecular weight excluding hydrogens is 618 g/mol. The van der Waals surface area contributed by atoms with E-state index < -0.39 is 24.0 Å². The lowest BCUT2D eigenvalue weighted by Gasteiger charge is -2.55. The maximum atomic E-state index is 13.7. The molecule has 47 heavy (non-hydrogen) atoms. The van der Waals surface area contributed by atoms with E-state index in [2.05, 4.69) is 16.4 Å². The molecule has 1 aromatic heterocycles. The first kappa shape index (κ1) is 30.1. The number of benzene rings is 2. The van der Waals surface area contributed by atoms with Crippen LogP contribution in [0.25, 0.3) is 16.7 Å². The molecule has 0 spiro atoms. The highest BCUT2D eigenvalue weighted by molar-refractivity contribution is 7.13. The van der Waals surface area contributed by atoms with Crippen molar-refractivity contribution in [1.82, 2.24) is 9.88 Å². The van der Waals surface area contributed by atoms with E-state index in [1.165, 1.54) is 16.2 Å². The number of aromatic nitrogens is 1. The first-order chi connectivity index (χ1) is 22.5. The zero-order chi connectivity index (χ0) is 32.8. The Balaban J connectivity index is 1.01. The molecule has 0 radical (unpaired) electrons. The van der Waals surface area contributed by atoms with Crippen LogP contribution in [0.3, 0.4) is 0 Å². The third-order valence-corrected chi connectivity index (χ3v) is 12.1. The Labute approximate surface area is 275 Å². The van der Waals surface area contributed by atoms with Gasteiger partial charge in [0.05, 0.1) is 18.1 Å². The summed E-state index contributed by atoms with van der Waals surface area (Å²) in [6.45, 7) is 10.5. The second kappa shape index (κ2) is 10.6. The number of rotatable bonds is 8. The number of nitrogens with one attached hydrogen (secondary N) is 1. The van der Waals surface area contributed by atoms with Gasteiger partial charge in [-0.25, -0.2) is 9.78 Å². The highest BCUT2D eigenvalue weighted by Crippen LogP contribution is 2.51. The molecule has 2 aromatic carbocycles. The number of β-lactam (4-membered cyclic amide) rings is 1. The van der Waals surface area contributed by atoms with Crippen LogP contribution < -0.4 is 5.32 Å². The number of carbonyl (C=O) groups is 4. The maximum Gasteiger partial charge on any atom is 0.352 e. The fourth-order valence-electron chi connectivity index (χ4n) is 8.90. The summed E-state index contributed by atoms with van der Waals surface area (Å²) in [7, 11) is 0. The number of nitrogens with zero attached hydrogens (tertiary/aromatic N) is 4. The molecular formula is C35H37N5O6S+2. The SMILES string of the molecule is C[C@@H](O)[C@H]1C(=O)N2C(C(=O)O)=C(c3ccc4c(c3)-c3ccc(C[N+]56CC[N+](CC(=O)Nc7nccs7)(CC5)CC6)cc3C4=O)[C@H](C)[C@H]12. The van der Waals surface area contributed by atoms with Gasteiger partial charge in [-0.3, -0.25) is 19.7 Å². The van der Waals surface area contributed by atoms with Crippen LogP contribution in [0.2, 0.25) is 0 Å². The molecule has 1 aliphatic carbocycles. The van der Waals surface area contributed by atoms with Gasteiger partial charge in [-0.15, -0.1) is 11.3 Å². The molecule has 0 saturated carbocycles. The third-order valence-electron chi connectivity index (χ3n) is 11.4. The second-order valence-electron chi connectivity index (χ2n) is 14.0. The van der Waals surface area contributed by atoms with Gasteiger partial charge in [-0.05, 0) is 47.4 Å². The Bertz CT molecular complexity index is 1880. The fourth-order valence-corrected chi connectivity index (χ4v) is 9.44. The number of carboxylic acid groups (broad SMARTS) is 1. The van der Waals surface area contributed by atoms with E-state index in [-0.39, 0.29) is 29.2 Å². The number of ketones is 1. The van der Waals surface area contributed by atoms with Crippen molar-refractivity contribution in [3.05, 3.63) is 75.9 Å². The zero-order valence-electron chi connectivity index (χ0n) is 26.3. The van der Waals surface area contributed by atoms with E-state index in [1.807, 2.05) is 30.5 Å². The van der Waals surface area contributed by atoms with Crippen molar-refractivity contribution < 1.29 is 38.4 Å². The Kier molecular flexibility index (Phi) is 6.82. The summed E-state index contributed by atoms with van der Waals surface area (Å²) < 4.78 is 1.76. The Morgan fingerprint density at radius 2 is 1.70 bits per heavy atom. The van der Waals surface area contributed by atoms with Gasteiger partial charge in [-0.1, -0.05) is 25.1 Å². The minimum atomic E-state index is -1.17. The van der Waals surface area contributed by atoms with Crippen LogP contribution >= 0.6 is 11.3 Å². The van der Waals surface area contributed by atoms with Crippen LogP contribution in [0.5, 0.6) is 0 Å². The van der Waals surface area contributed by atoms with Gasteiger partial charge in [0.2, 0.25) is 5.91 Å². The molecule has 6 aliphatic rings. The van der Waals surface area contributed by atoms with Crippen molar-refractivity contribution in [1.29, 1.82) is 0 Å². The topological polar surface area (TPSA) is 137 Å². The van der Waals surface area contributed by atoms with Gasteiger partial charge in [-0.2, -0.15) is 0 Å². The van der Waals surface area contributed by atoms with Crippen LogP contribution in [0.4, 0.5) is 5.13 Å². The number of aliphatic hydroxyl groups is 1. The third kappa shape index (κ3) is 4.61. The highest BCUT2D eigenvalue weighted by atomic mass is 32.1. The predicted molar refractivity (Wildman–Crippen MR) is 174 cm³/mol. The van der Waals surface area contributed by atoms with Crippen LogP contribution in [0.1, 0.15) is 40.9 Å². The van der Waals surface area contributed by atoms with Crippen LogP contribution in [0, 0.1) is 11.8 Å². The number of carboxylic acids is 1. The number of quaternary nitrogens is 2. The van der Waals surface area contributed by atoms with Crippen molar-refractivity contribution in [2.45, 2.75) is 32.5 Å². The summed E-state index contributed by atoms with van der Waals surface area (Å²) in [6.07, 6.45) is 0.816. The molecule has 4 saturated heterocycles. The number of anilines is 1. The van der Waals surface area contributed by atoms with Crippen LogP contribution in [0.15, 0.2) is 53.7 Å². The van der Waals surface area contributed by atoms with Crippen molar-refractivity contribution in [3.63, 3.8) is 0 Å². The number of aliphatic carboxylic acids is 1. The summed E-state index contributed by atoms with van der Waals surface area (Å²) in [4.78, 5) is 57.2. The van der Waals surface area contributed by atoms with Crippen molar-refractivity contribution in [2.75, 3.05) is 51.1 Å². The van der Waals surface area contributed by atoms with Gasteiger partial charge >= 0.3 is 5.97 Å². The van der Waals surface area contributed by atoms with Crippen molar-refractivity contribution in [3.8, 4) is 11.1 Å². The number of hydrogen-bond acceptors (Lipinski definition) is 7. The molecule has 0 unspecified atom stereocenters. The van der Waals surface area contributed by atoms with Crippen molar-refractivity contribution >= 4 is 45.6 Å². The van der Waals surface area contributed by atoms with Crippen molar-refractivity contribution in [2.24, 2.45) is 11.8 Å². The predicted octanol–water partition coefficient (Wildman–Crippen LogP) is 2.81. The molecule has 3 aromatic rings. The minimum absolute atomic E-state index is 0.0156. The van der Waals surface area contributed by atoms with E-state index >= 15 is 0 Å². The van der Waals surface area contributed by atoms with Gasteiger partial charge < -0.3 is 24.1 Å². The Morgan fingerprint density at radius 3 is 2.36 bits per heavy atom. The first-order valence-corrected chi connectivity index (χ1v) is 17.1. The second-order valence-corrected chi connectivity index (χ2v) is 14.9. The lowest BCUT2D eigenvalue weighted by Crippen LogP contribution is -2.75. The molecule has 11 nitrogen and oxygen atoms in total. The number of aliphatic hydroxyl groups excluding tert-OH is 1. The lowest BCUT2D eigenvalue weighted by molar-refractivity contribution is -1.08. The van der Waals surface area contributed by atoms with E-state index in [0.29, 0.717) is 33.9 Å². The summed E-state index contributed by atoms with van der Waals surface area (Å²) >= 11 is 1.42. The van der Waals surface area contributed by atoms with Gasteiger partial charge in [0, 0.05) is 34.2 Å². The number of thiazole rings is 1. The zero-order valence-corrected chi connectivity index (χ0v) is 27.1. The van der Waals surface area contributed by atoms with E-state index in [0.717, 1.165) is 71.5 Å². The first-order valence-electron chi connectivity index (χ1n) is 16.2. The number of hydrogen-bond donors (Lipinski definition) is 3. The van der Waals surface area contributed by atoms with E-state index in [4.69, 9.17) is 0 Å². The lowest BCUT2D eigenvalue weighted by atomic mass is 9.76. The van der Waals surface area contributed by atoms with Gasteiger partial charge in [0.25, 0.3) is 5.91 Å². The quantitative estimate of drug-likeness (QED) is 0.196. The molecule has 9 rings (SSSR count). The van der Waals surface area contributed by atoms with Crippen LogP contribution in [-0.4, -0.2) is 111 Å². The minimum Gasteiger partial charge on any atom is -0.477 e. The molecule has 4 fully saturated rings. The summed E-state index contributed by atoms with van der Waals surface area (Å²) in [6, 6.07) is 11.2. The number of amides is 2. The molecule has 2 bridgehead atoms.